The molecule has 0 spiro atoms. The first-order valence-electron chi connectivity index (χ1n) is 10.00. The molecule has 1 aliphatic heterocycles. The summed E-state index contributed by atoms with van der Waals surface area (Å²) >= 11 is 0. The van der Waals surface area contributed by atoms with Gasteiger partial charge in [-0.3, -0.25) is 9.59 Å². The van der Waals surface area contributed by atoms with E-state index in [2.05, 4.69) is 21.5 Å². The standard InChI is InChI=1S/C11H14N2O2.C7H14.C3H6O2.HI/c14-8-9-1-2-11(12-7-9)13-5-3-10(15)4-6-13;1-7-5-3-2-4-6-7;1-2-5-3-4;/h1-2,7-8,10,15H,3-6H2;7H,2-6H2,1H3;3H,2H2,1H3;1H. The maximum Gasteiger partial charge on any atom is 0.293 e. The third-order valence-corrected chi connectivity index (χ3v) is 4.82. The molecular weight excluding hydrogens is 471 g/mol. The van der Waals surface area contributed by atoms with E-state index in [1.165, 1.54) is 32.1 Å². The van der Waals surface area contributed by atoms with Crippen molar-refractivity contribution < 1.29 is 19.4 Å². The van der Waals surface area contributed by atoms with Crippen LogP contribution in [0.15, 0.2) is 18.3 Å². The van der Waals surface area contributed by atoms with Crippen molar-refractivity contribution in [2.75, 3.05) is 24.6 Å². The van der Waals surface area contributed by atoms with E-state index in [4.69, 9.17) is 0 Å². The molecule has 28 heavy (non-hydrogen) atoms. The molecule has 160 valence electrons. The Hall–Kier alpha value is -1.22. The van der Waals surface area contributed by atoms with Crippen molar-refractivity contribution in [3.63, 3.8) is 0 Å². The van der Waals surface area contributed by atoms with Gasteiger partial charge in [-0.2, -0.15) is 0 Å². The average Bonchev–Trinajstić information content (AvgIpc) is 2.71. The molecule has 0 unspecified atom stereocenters. The number of carbonyl (C=O) groups excluding carboxylic acids is 2. The highest BCUT2D eigenvalue weighted by Crippen LogP contribution is 2.22. The molecule has 1 N–H and O–H groups in total. The zero-order valence-electron chi connectivity index (χ0n) is 17.1. The van der Waals surface area contributed by atoms with Gasteiger partial charge in [-0.05, 0) is 37.8 Å². The van der Waals surface area contributed by atoms with Gasteiger partial charge in [-0.15, -0.1) is 24.0 Å². The van der Waals surface area contributed by atoms with Crippen LogP contribution in [0.1, 0.15) is 69.2 Å². The largest absolute Gasteiger partial charge is 0.468 e. The topological polar surface area (TPSA) is 79.7 Å². The molecule has 0 bridgehead atoms. The third-order valence-electron chi connectivity index (χ3n) is 4.82. The van der Waals surface area contributed by atoms with Crippen LogP contribution in [0, 0.1) is 5.92 Å². The Bertz CT molecular complexity index is 514. The Kier molecular flexibility index (Phi) is 16.0. The Morgan fingerprint density at radius 1 is 1.14 bits per heavy atom. The predicted molar refractivity (Wildman–Crippen MR) is 122 cm³/mol. The molecule has 0 atom stereocenters. The number of halogens is 1. The summed E-state index contributed by atoms with van der Waals surface area (Å²) in [7, 11) is 0. The Balaban J connectivity index is 0.000000469. The van der Waals surface area contributed by atoms with Crippen LogP contribution in [0.4, 0.5) is 5.82 Å². The van der Waals surface area contributed by atoms with Crippen LogP contribution in [-0.4, -0.2) is 48.6 Å². The second kappa shape index (κ2) is 16.7. The first kappa shape index (κ1) is 26.8. The minimum Gasteiger partial charge on any atom is -0.468 e. The number of carbonyl (C=O) groups is 2. The lowest BCUT2D eigenvalue weighted by molar-refractivity contribution is -0.128. The normalized spacial score (nSPS) is 17.0. The highest BCUT2D eigenvalue weighted by Gasteiger charge is 2.17. The van der Waals surface area contributed by atoms with Crippen molar-refractivity contribution in [1.29, 1.82) is 0 Å². The monoisotopic (exact) mass is 506 g/mol. The molecule has 1 aliphatic carbocycles. The maximum atomic E-state index is 10.5. The summed E-state index contributed by atoms with van der Waals surface area (Å²) < 4.78 is 4.15. The molecule has 3 rings (SSSR count). The van der Waals surface area contributed by atoms with Gasteiger partial charge in [0, 0.05) is 24.8 Å². The highest BCUT2D eigenvalue weighted by molar-refractivity contribution is 14.0. The van der Waals surface area contributed by atoms with Crippen molar-refractivity contribution in [3.8, 4) is 0 Å². The van der Waals surface area contributed by atoms with Crippen LogP contribution in [-0.2, 0) is 9.53 Å². The van der Waals surface area contributed by atoms with Crippen molar-refractivity contribution in [2.45, 2.75) is 64.9 Å². The number of aliphatic hydroxyl groups is 1. The van der Waals surface area contributed by atoms with Crippen LogP contribution in [0.25, 0.3) is 0 Å². The SMILES string of the molecule is CC1CCCCC1.CCOC=O.I.O=Cc1ccc(N2CCC(O)CC2)nc1. The number of aldehydes is 1. The molecule has 2 fully saturated rings. The zero-order chi connectivity index (χ0) is 19.9. The number of rotatable bonds is 4. The smallest absolute Gasteiger partial charge is 0.293 e. The molecule has 2 heterocycles. The quantitative estimate of drug-likeness (QED) is 0.486. The number of piperidine rings is 1. The van der Waals surface area contributed by atoms with E-state index in [0.717, 1.165) is 44.0 Å². The molecule has 1 aromatic heterocycles. The van der Waals surface area contributed by atoms with Gasteiger partial charge in [0.2, 0.25) is 0 Å². The first-order chi connectivity index (χ1) is 13.1. The van der Waals surface area contributed by atoms with Crippen LogP contribution >= 0.6 is 24.0 Å². The van der Waals surface area contributed by atoms with Gasteiger partial charge in [0.05, 0.1) is 12.7 Å². The molecule has 2 aliphatic rings. The summed E-state index contributed by atoms with van der Waals surface area (Å²) in [5, 5.41) is 9.36. The number of nitrogens with zero attached hydrogens (tertiary/aromatic N) is 2. The summed E-state index contributed by atoms with van der Waals surface area (Å²) in [6.45, 7) is 6.68. The summed E-state index contributed by atoms with van der Waals surface area (Å²) in [5.74, 6) is 1.92. The van der Waals surface area contributed by atoms with Gasteiger partial charge in [0.1, 0.15) is 5.82 Å². The van der Waals surface area contributed by atoms with Gasteiger partial charge in [-0.1, -0.05) is 39.0 Å². The fourth-order valence-corrected chi connectivity index (χ4v) is 3.12. The highest BCUT2D eigenvalue weighted by atomic mass is 127. The second-order valence-corrected chi connectivity index (χ2v) is 7.08. The van der Waals surface area contributed by atoms with E-state index < -0.39 is 0 Å². The van der Waals surface area contributed by atoms with Gasteiger partial charge >= 0.3 is 0 Å². The number of aromatic nitrogens is 1. The van der Waals surface area contributed by atoms with Gasteiger partial charge < -0.3 is 14.7 Å². The van der Waals surface area contributed by atoms with Crippen LogP contribution < -0.4 is 4.90 Å². The van der Waals surface area contributed by atoms with Crippen molar-refractivity contribution in [3.05, 3.63) is 23.9 Å². The van der Waals surface area contributed by atoms with E-state index in [1.54, 1.807) is 19.2 Å². The average molecular weight is 506 g/mol. The lowest BCUT2D eigenvalue weighted by Crippen LogP contribution is -2.36. The fraction of sp³-hybridized carbons (Fsp3) is 0.667. The fourth-order valence-electron chi connectivity index (χ4n) is 3.12. The number of hydrogen-bond acceptors (Lipinski definition) is 6. The van der Waals surface area contributed by atoms with Crippen LogP contribution in [0.2, 0.25) is 0 Å². The van der Waals surface area contributed by atoms with Gasteiger partial charge in [0.25, 0.3) is 6.47 Å². The Morgan fingerprint density at radius 3 is 2.14 bits per heavy atom. The Morgan fingerprint density at radius 2 is 1.79 bits per heavy atom. The number of ether oxygens (including phenoxy) is 1. The minimum atomic E-state index is -0.171. The lowest BCUT2D eigenvalue weighted by atomic mass is 9.91. The molecule has 6 nitrogen and oxygen atoms in total. The van der Waals surface area contributed by atoms with Gasteiger partial charge in [0.15, 0.2) is 6.29 Å². The number of aliphatic hydroxyl groups excluding tert-OH is 1. The van der Waals surface area contributed by atoms with Crippen molar-refractivity contribution in [2.24, 2.45) is 5.92 Å². The molecule has 7 heteroatoms. The van der Waals surface area contributed by atoms with Crippen molar-refractivity contribution >= 4 is 42.6 Å². The minimum absolute atomic E-state index is 0. The molecule has 1 aromatic rings. The molecule has 1 saturated carbocycles. The van der Waals surface area contributed by atoms with E-state index in [1.807, 2.05) is 6.07 Å². The second-order valence-electron chi connectivity index (χ2n) is 7.08. The first-order valence-corrected chi connectivity index (χ1v) is 10.00. The predicted octanol–water partition coefficient (Wildman–Crippen LogP) is 4.24. The molecule has 1 saturated heterocycles. The molecule has 0 amide bonds. The molecule has 0 radical (unpaired) electrons. The van der Waals surface area contributed by atoms with Crippen molar-refractivity contribution in [1.82, 2.24) is 4.98 Å². The molecule has 0 aromatic carbocycles. The number of pyridine rings is 1. The Labute approximate surface area is 186 Å². The van der Waals surface area contributed by atoms with E-state index in [-0.39, 0.29) is 30.1 Å². The summed E-state index contributed by atoms with van der Waals surface area (Å²) in [4.78, 5) is 26.0. The molecular formula is C21H35IN2O4. The maximum absolute atomic E-state index is 10.5. The summed E-state index contributed by atoms with van der Waals surface area (Å²) in [6, 6.07) is 3.61. The number of hydrogen-bond donors (Lipinski definition) is 1. The summed E-state index contributed by atoms with van der Waals surface area (Å²) in [5.41, 5.74) is 0.593. The lowest BCUT2D eigenvalue weighted by Gasteiger charge is -2.30. The van der Waals surface area contributed by atoms with E-state index in [9.17, 15) is 14.7 Å². The van der Waals surface area contributed by atoms with E-state index in [0.29, 0.717) is 18.6 Å². The van der Waals surface area contributed by atoms with Crippen LogP contribution in [0.3, 0.4) is 0 Å². The van der Waals surface area contributed by atoms with E-state index >= 15 is 0 Å². The van der Waals surface area contributed by atoms with Gasteiger partial charge in [-0.25, -0.2) is 4.98 Å². The van der Waals surface area contributed by atoms with Crippen LogP contribution in [0.5, 0.6) is 0 Å². The zero-order valence-corrected chi connectivity index (χ0v) is 19.4. The number of anilines is 1. The third kappa shape index (κ3) is 11.6. The summed E-state index contributed by atoms with van der Waals surface area (Å²) in [6.07, 6.45) is 11.2.